The molecule has 1 aromatic carbocycles. The van der Waals surface area contributed by atoms with Crippen LogP contribution < -0.4 is 0 Å². The lowest BCUT2D eigenvalue weighted by Crippen LogP contribution is -2.41. The van der Waals surface area contributed by atoms with Crippen molar-refractivity contribution in [1.29, 1.82) is 0 Å². The number of thiophene rings is 1. The SMILES string of the molecule is Cc1ccsc1C=C1C(=O)N(Cc2ccccn2)C(=O)c2ccccc21. The van der Waals surface area contributed by atoms with Crippen LogP contribution >= 0.6 is 11.3 Å². The Labute approximate surface area is 155 Å². The molecule has 128 valence electrons. The third-order valence-electron chi connectivity index (χ3n) is 4.39. The number of nitrogens with zero attached hydrogens (tertiary/aromatic N) is 2. The van der Waals surface area contributed by atoms with Gasteiger partial charge in [0.15, 0.2) is 0 Å². The largest absolute Gasteiger partial charge is 0.269 e. The summed E-state index contributed by atoms with van der Waals surface area (Å²) >= 11 is 1.58. The molecule has 0 aliphatic carbocycles. The number of fused-ring (bicyclic) bond motifs is 1. The molecule has 3 heterocycles. The zero-order chi connectivity index (χ0) is 18.1. The highest BCUT2D eigenvalue weighted by Gasteiger charge is 2.34. The highest BCUT2D eigenvalue weighted by Crippen LogP contribution is 2.32. The van der Waals surface area contributed by atoms with E-state index in [9.17, 15) is 9.59 Å². The fourth-order valence-electron chi connectivity index (χ4n) is 3.00. The monoisotopic (exact) mass is 360 g/mol. The van der Waals surface area contributed by atoms with E-state index in [1.807, 2.05) is 60.8 Å². The Balaban J connectivity index is 1.82. The molecule has 4 rings (SSSR count). The Bertz CT molecular complexity index is 1020. The molecule has 1 aliphatic heterocycles. The smallest absolute Gasteiger partial charge is 0.261 e. The van der Waals surface area contributed by atoms with Gasteiger partial charge in [-0.15, -0.1) is 11.3 Å². The van der Waals surface area contributed by atoms with Gasteiger partial charge in [0, 0.05) is 22.2 Å². The van der Waals surface area contributed by atoms with E-state index in [1.54, 1.807) is 23.6 Å². The number of hydrogen-bond donors (Lipinski definition) is 0. The van der Waals surface area contributed by atoms with Gasteiger partial charge in [-0.05, 0) is 53.8 Å². The van der Waals surface area contributed by atoms with E-state index in [1.165, 1.54) is 4.90 Å². The van der Waals surface area contributed by atoms with Crippen molar-refractivity contribution < 1.29 is 9.59 Å². The molecule has 0 unspecified atom stereocenters. The second-order valence-corrected chi connectivity index (χ2v) is 7.04. The first-order valence-electron chi connectivity index (χ1n) is 8.26. The maximum atomic E-state index is 13.2. The van der Waals surface area contributed by atoms with Crippen molar-refractivity contribution in [3.05, 3.63) is 87.4 Å². The zero-order valence-electron chi connectivity index (χ0n) is 14.2. The summed E-state index contributed by atoms with van der Waals surface area (Å²) in [4.78, 5) is 32.6. The van der Waals surface area contributed by atoms with E-state index < -0.39 is 0 Å². The molecule has 0 fully saturated rings. The van der Waals surface area contributed by atoms with Gasteiger partial charge in [0.25, 0.3) is 11.8 Å². The third-order valence-corrected chi connectivity index (χ3v) is 5.36. The lowest BCUT2D eigenvalue weighted by Gasteiger charge is -2.28. The Morgan fingerprint density at radius 2 is 1.77 bits per heavy atom. The van der Waals surface area contributed by atoms with Crippen molar-refractivity contribution in [3.8, 4) is 0 Å². The molecule has 2 aromatic heterocycles. The highest BCUT2D eigenvalue weighted by atomic mass is 32.1. The molecule has 26 heavy (non-hydrogen) atoms. The lowest BCUT2D eigenvalue weighted by atomic mass is 9.92. The van der Waals surface area contributed by atoms with Crippen molar-refractivity contribution >= 4 is 34.8 Å². The van der Waals surface area contributed by atoms with Crippen LogP contribution in [0.3, 0.4) is 0 Å². The standard InChI is InChI=1S/C21H16N2O2S/c1-14-9-11-26-19(14)12-18-16-7-2-3-8-17(16)20(24)23(21(18)25)13-15-6-4-5-10-22-15/h2-12H,13H2,1H3. The van der Waals surface area contributed by atoms with Gasteiger partial charge < -0.3 is 0 Å². The van der Waals surface area contributed by atoms with Crippen molar-refractivity contribution in [2.24, 2.45) is 0 Å². The molecular formula is C21H16N2O2S. The summed E-state index contributed by atoms with van der Waals surface area (Å²) < 4.78 is 0. The molecule has 5 heteroatoms. The molecule has 0 spiro atoms. The quantitative estimate of drug-likeness (QED) is 0.520. The van der Waals surface area contributed by atoms with Crippen LogP contribution in [0.1, 0.15) is 32.1 Å². The van der Waals surface area contributed by atoms with Gasteiger partial charge in [-0.25, -0.2) is 0 Å². The average molecular weight is 360 g/mol. The first-order valence-corrected chi connectivity index (χ1v) is 9.14. The molecule has 0 atom stereocenters. The first-order chi connectivity index (χ1) is 12.6. The summed E-state index contributed by atoms with van der Waals surface area (Å²) in [5.41, 5.74) is 3.57. The van der Waals surface area contributed by atoms with Crippen molar-refractivity contribution in [1.82, 2.24) is 9.88 Å². The van der Waals surface area contributed by atoms with E-state index >= 15 is 0 Å². The number of aryl methyl sites for hydroxylation is 1. The number of pyridine rings is 1. The number of benzene rings is 1. The second kappa shape index (κ2) is 6.69. The Morgan fingerprint density at radius 3 is 2.46 bits per heavy atom. The van der Waals surface area contributed by atoms with Crippen LogP contribution in [0, 0.1) is 6.92 Å². The highest BCUT2D eigenvalue weighted by molar-refractivity contribution is 7.11. The molecule has 0 saturated carbocycles. The Hall–Kier alpha value is -3.05. The van der Waals surface area contributed by atoms with Crippen LogP contribution in [0.15, 0.2) is 60.1 Å². The fourth-order valence-corrected chi connectivity index (χ4v) is 3.86. The van der Waals surface area contributed by atoms with Crippen molar-refractivity contribution in [3.63, 3.8) is 0 Å². The summed E-state index contributed by atoms with van der Waals surface area (Å²) in [7, 11) is 0. The number of hydrogen-bond acceptors (Lipinski definition) is 4. The molecule has 2 amide bonds. The van der Waals surface area contributed by atoms with Crippen LogP contribution in [0.25, 0.3) is 11.6 Å². The summed E-state index contributed by atoms with van der Waals surface area (Å²) in [6.45, 7) is 2.17. The van der Waals surface area contributed by atoms with Gasteiger partial charge in [-0.3, -0.25) is 19.5 Å². The predicted molar refractivity (Wildman–Crippen MR) is 102 cm³/mol. The Kier molecular flexibility index (Phi) is 4.22. The minimum atomic E-state index is -0.285. The molecule has 0 N–H and O–H groups in total. The van der Waals surface area contributed by atoms with E-state index in [4.69, 9.17) is 0 Å². The van der Waals surface area contributed by atoms with Gasteiger partial charge in [0.05, 0.1) is 12.2 Å². The minimum absolute atomic E-state index is 0.160. The van der Waals surface area contributed by atoms with E-state index in [0.29, 0.717) is 22.4 Å². The van der Waals surface area contributed by atoms with E-state index in [2.05, 4.69) is 4.98 Å². The van der Waals surface area contributed by atoms with Crippen molar-refractivity contribution in [2.75, 3.05) is 0 Å². The predicted octanol–water partition coefficient (Wildman–Crippen LogP) is 4.17. The topological polar surface area (TPSA) is 50.3 Å². The minimum Gasteiger partial charge on any atom is -0.269 e. The molecule has 0 saturated heterocycles. The van der Waals surface area contributed by atoms with Crippen LogP contribution in [0.5, 0.6) is 0 Å². The van der Waals surface area contributed by atoms with Crippen LogP contribution in [0.4, 0.5) is 0 Å². The molecule has 0 bridgehead atoms. The average Bonchev–Trinajstić information content (AvgIpc) is 3.08. The molecule has 4 nitrogen and oxygen atoms in total. The molecule has 3 aromatic rings. The van der Waals surface area contributed by atoms with E-state index in [0.717, 1.165) is 10.4 Å². The zero-order valence-corrected chi connectivity index (χ0v) is 15.0. The van der Waals surface area contributed by atoms with Gasteiger partial charge in [-0.1, -0.05) is 24.3 Å². The third kappa shape index (κ3) is 2.86. The summed E-state index contributed by atoms with van der Waals surface area (Å²) in [5, 5.41) is 2.00. The van der Waals surface area contributed by atoms with Crippen LogP contribution in [0.2, 0.25) is 0 Å². The molecule has 0 radical (unpaired) electrons. The van der Waals surface area contributed by atoms with Crippen LogP contribution in [-0.2, 0) is 11.3 Å². The summed E-state index contributed by atoms with van der Waals surface area (Å²) in [6, 6.07) is 14.8. The maximum absolute atomic E-state index is 13.2. The van der Waals surface area contributed by atoms with Crippen LogP contribution in [-0.4, -0.2) is 21.7 Å². The molecular weight excluding hydrogens is 344 g/mol. The van der Waals surface area contributed by atoms with Crippen molar-refractivity contribution in [2.45, 2.75) is 13.5 Å². The number of rotatable bonds is 3. The lowest BCUT2D eigenvalue weighted by molar-refractivity contribution is -0.123. The van der Waals surface area contributed by atoms with Gasteiger partial charge in [0.2, 0.25) is 0 Å². The van der Waals surface area contributed by atoms with Gasteiger partial charge >= 0.3 is 0 Å². The van der Waals surface area contributed by atoms with E-state index in [-0.39, 0.29) is 18.4 Å². The number of aromatic nitrogens is 1. The first kappa shape index (κ1) is 16.4. The Morgan fingerprint density at radius 1 is 1.00 bits per heavy atom. The number of amides is 2. The number of carbonyl (C=O) groups is 2. The maximum Gasteiger partial charge on any atom is 0.261 e. The summed E-state index contributed by atoms with van der Waals surface area (Å²) in [6.07, 6.45) is 3.55. The second-order valence-electron chi connectivity index (χ2n) is 6.09. The number of carbonyl (C=O) groups excluding carboxylic acids is 2. The van der Waals surface area contributed by atoms with Gasteiger partial charge in [-0.2, -0.15) is 0 Å². The number of imide groups is 1. The fraction of sp³-hybridized carbons (Fsp3) is 0.0952. The molecule has 1 aliphatic rings. The normalized spacial score (nSPS) is 15.4. The summed E-state index contributed by atoms with van der Waals surface area (Å²) in [5.74, 6) is -0.566. The van der Waals surface area contributed by atoms with Gasteiger partial charge in [0.1, 0.15) is 0 Å².